The molecule has 0 N–H and O–H groups in total. The average molecular weight is 578 g/mol. The number of methoxy groups -OCH3 is 1. The molecule has 3 aromatic rings. The molecule has 0 aliphatic heterocycles. The molecule has 11 heteroatoms. The number of hydrogen-bond donors (Lipinski definition) is 0. The van der Waals surface area contributed by atoms with Crippen molar-refractivity contribution in [3.63, 3.8) is 0 Å². The lowest BCUT2D eigenvalue weighted by Gasteiger charge is -2.31. The van der Waals surface area contributed by atoms with E-state index in [1.807, 2.05) is 0 Å². The second kappa shape index (κ2) is 10.7. The summed E-state index contributed by atoms with van der Waals surface area (Å²) in [6.45, 7) is 0.122. The summed E-state index contributed by atoms with van der Waals surface area (Å²) < 4.78 is 101. The highest BCUT2D eigenvalue weighted by Gasteiger charge is 2.56. The zero-order valence-corrected chi connectivity index (χ0v) is 22.8. The van der Waals surface area contributed by atoms with Crippen LogP contribution in [0.4, 0.5) is 18.9 Å². The fraction of sp³-hybridized carbons (Fsp3) is 0.286. The number of anilines is 1. The minimum absolute atomic E-state index is 0.0235. The Kier molecular flexibility index (Phi) is 7.85. The van der Waals surface area contributed by atoms with Gasteiger partial charge in [0.15, 0.2) is 9.84 Å². The van der Waals surface area contributed by atoms with Crippen molar-refractivity contribution in [3.05, 3.63) is 90.0 Å². The molecule has 1 fully saturated rings. The van der Waals surface area contributed by atoms with Gasteiger partial charge in [-0.15, -0.1) is 0 Å². The van der Waals surface area contributed by atoms with E-state index in [2.05, 4.69) is 11.8 Å². The van der Waals surface area contributed by atoms with Crippen LogP contribution in [0.15, 0.2) is 88.7 Å². The van der Waals surface area contributed by atoms with E-state index in [1.165, 1.54) is 54.6 Å². The Bertz CT molecular complexity index is 1620. The van der Waals surface area contributed by atoms with Crippen molar-refractivity contribution in [2.24, 2.45) is 5.92 Å². The van der Waals surface area contributed by atoms with E-state index in [-0.39, 0.29) is 33.5 Å². The molecule has 3 aromatic carbocycles. The smallest absolute Gasteiger partial charge is 0.354 e. The van der Waals surface area contributed by atoms with Gasteiger partial charge in [0.25, 0.3) is 15.6 Å². The van der Waals surface area contributed by atoms with E-state index in [0.717, 1.165) is 36.6 Å². The summed E-state index contributed by atoms with van der Waals surface area (Å²) in [7, 11) is -6.81. The lowest BCUT2D eigenvalue weighted by molar-refractivity contribution is -0.250. The SMILES string of the molecule is COC(C#Cc1cccc(S(C)(=O)=O)c1)(c1cccc(N(CC2CC2)S(=O)(=O)c2ccccc2)c1)C(F)(F)F. The van der Waals surface area contributed by atoms with Crippen molar-refractivity contribution < 1.29 is 34.7 Å². The summed E-state index contributed by atoms with van der Waals surface area (Å²) in [5, 5.41) is 0. The number of rotatable bonds is 8. The molecule has 1 atom stereocenters. The fourth-order valence-electron chi connectivity index (χ4n) is 4.03. The fourth-order valence-corrected chi connectivity index (χ4v) is 6.25. The first kappa shape index (κ1) is 28.7. The quantitative estimate of drug-likeness (QED) is 0.346. The molecule has 0 bridgehead atoms. The maximum Gasteiger partial charge on any atom is 0.433 e. The van der Waals surface area contributed by atoms with Gasteiger partial charge in [-0.2, -0.15) is 13.2 Å². The first-order valence-electron chi connectivity index (χ1n) is 11.9. The van der Waals surface area contributed by atoms with Gasteiger partial charge in [-0.05, 0) is 67.1 Å². The molecule has 4 rings (SSSR count). The molecule has 39 heavy (non-hydrogen) atoms. The highest BCUT2D eigenvalue weighted by atomic mass is 32.2. The summed E-state index contributed by atoms with van der Waals surface area (Å²) >= 11 is 0. The van der Waals surface area contributed by atoms with Crippen LogP contribution in [0.3, 0.4) is 0 Å². The first-order valence-corrected chi connectivity index (χ1v) is 15.2. The molecule has 6 nitrogen and oxygen atoms in total. The molecule has 0 radical (unpaired) electrons. The number of alkyl halides is 3. The van der Waals surface area contributed by atoms with Crippen LogP contribution in [0.25, 0.3) is 0 Å². The van der Waals surface area contributed by atoms with Gasteiger partial charge in [0, 0.05) is 31.0 Å². The Morgan fingerprint density at radius 1 is 0.897 bits per heavy atom. The molecule has 0 aromatic heterocycles. The Morgan fingerprint density at radius 2 is 1.54 bits per heavy atom. The number of benzene rings is 3. The lowest BCUT2D eigenvalue weighted by atomic mass is 9.92. The highest BCUT2D eigenvalue weighted by Crippen LogP contribution is 2.43. The van der Waals surface area contributed by atoms with E-state index >= 15 is 0 Å². The van der Waals surface area contributed by atoms with Crippen LogP contribution in [0.1, 0.15) is 24.0 Å². The number of nitrogens with zero attached hydrogens (tertiary/aromatic N) is 1. The van der Waals surface area contributed by atoms with Crippen molar-refractivity contribution in [1.29, 1.82) is 0 Å². The Labute approximate surface area is 226 Å². The molecule has 206 valence electrons. The summed E-state index contributed by atoms with van der Waals surface area (Å²) in [5.41, 5.74) is -3.44. The Morgan fingerprint density at radius 3 is 2.13 bits per heavy atom. The molecular weight excluding hydrogens is 551 g/mol. The number of halogens is 3. The predicted molar refractivity (Wildman–Crippen MR) is 141 cm³/mol. The third-order valence-corrected chi connectivity index (χ3v) is 9.26. The van der Waals surface area contributed by atoms with Gasteiger partial charge < -0.3 is 4.74 Å². The van der Waals surface area contributed by atoms with Gasteiger partial charge in [-0.3, -0.25) is 4.31 Å². The second-order valence-electron chi connectivity index (χ2n) is 9.28. The van der Waals surface area contributed by atoms with Crippen LogP contribution in [-0.2, 0) is 30.2 Å². The Hall–Kier alpha value is -3.33. The summed E-state index contributed by atoms with van der Waals surface area (Å²) in [6, 6.07) is 18.0. The van der Waals surface area contributed by atoms with Gasteiger partial charge in [-0.1, -0.05) is 42.3 Å². The number of hydrogen-bond acceptors (Lipinski definition) is 5. The standard InChI is InChI=1S/C28H26F3NO5S2/c1-37-27(28(29,30)31,17-16-21-8-6-13-26(18-21)38(2,33)34)23-9-7-10-24(19-23)32(20-22-14-15-22)39(35,36)25-11-4-3-5-12-25/h3-13,18-19,22H,14-15,20H2,1-2H3. The van der Waals surface area contributed by atoms with Crippen molar-refractivity contribution in [3.8, 4) is 11.8 Å². The molecule has 1 unspecified atom stereocenters. The zero-order chi connectivity index (χ0) is 28.5. The topological polar surface area (TPSA) is 80.8 Å². The second-order valence-corrected chi connectivity index (χ2v) is 13.2. The van der Waals surface area contributed by atoms with Crippen LogP contribution in [0.2, 0.25) is 0 Å². The van der Waals surface area contributed by atoms with Crippen LogP contribution < -0.4 is 4.31 Å². The summed E-state index contributed by atoms with van der Waals surface area (Å²) in [4.78, 5) is -0.0661. The average Bonchev–Trinajstić information content (AvgIpc) is 3.72. The molecule has 0 spiro atoms. The Balaban J connectivity index is 1.84. The van der Waals surface area contributed by atoms with Gasteiger partial charge in [-0.25, -0.2) is 16.8 Å². The molecule has 1 aliphatic carbocycles. The maximum atomic E-state index is 14.6. The van der Waals surface area contributed by atoms with Crippen molar-refractivity contribution in [2.75, 3.05) is 24.2 Å². The number of ether oxygens (including phenoxy) is 1. The van der Waals surface area contributed by atoms with E-state index in [1.54, 1.807) is 18.2 Å². The van der Waals surface area contributed by atoms with Crippen molar-refractivity contribution in [2.45, 2.75) is 34.4 Å². The van der Waals surface area contributed by atoms with E-state index in [9.17, 15) is 30.0 Å². The monoisotopic (exact) mass is 577 g/mol. The lowest BCUT2D eigenvalue weighted by Crippen LogP contribution is -2.43. The minimum Gasteiger partial charge on any atom is -0.354 e. The van der Waals surface area contributed by atoms with Crippen molar-refractivity contribution >= 4 is 25.5 Å². The van der Waals surface area contributed by atoms with Crippen LogP contribution in [-0.4, -0.2) is 42.9 Å². The van der Waals surface area contributed by atoms with Crippen molar-refractivity contribution in [1.82, 2.24) is 0 Å². The van der Waals surface area contributed by atoms with Gasteiger partial charge >= 0.3 is 6.18 Å². The molecule has 0 amide bonds. The predicted octanol–water partition coefficient (Wildman–Crippen LogP) is 5.15. The zero-order valence-electron chi connectivity index (χ0n) is 21.1. The van der Waals surface area contributed by atoms with E-state index in [4.69, 9.17) is 4.74 Å². The molecule has 1 aliphatic rings. The van der Waals surface area contributed by atoms with Crippen LogP contribution >= 0.6 is 0 Å². The van der Waals surface area contributed by atoms with Crippen LogP contribution in [0.5, 0.6) is 0 Å². The molecule has 1 saturated carbocycles. The molecule has 0 saturated heterocycles. The van der Waals surface area contributed by atoms with Gasteiger partial charge in [0.2, 0.25) is 0 Å². The van der Waals surface area contributed by atoms with E-state index < -0.39 is 37.2 Å². The maximum absolute atomic E-state index is 14.6. The van der Waals surface area contributed by atoms with E-state index in [0.29, 0.717) is 0 Å². The third kappa shape index (κ3) is 6.13. The summed E-state index contributed by atoms with van der Waals surface area (Å²) in [6.07, 6.45) is -2.40. The molecular formula is C28H26F3NO5S2. The number of sulfonamides is 1. The minimum atomic E-state index is -5.03. The summed E-state index contributed by atoms with van der Waals surface area (Å²) in [5.74, 6) is 4.67. The first-order chi connectivity index (χ1) is 18.3. The molecule has 0 heterocycles. The third-order valence-electron chi connectivity index (χ3n) is 6.34. The normalized spacial score (nSPS) is 15.6. The number of sulfone groups is 1. The van der Waals surface area contributed by atoms with Crippen LogP contribution in [0, 0.1) is 17.8 Å². The van der Waals surface area contributed by atoms with Gasteiger partial charge in [0.05, 0.1) is 15.5 Å². The largest absolute Gasteiger partial charge is 0.433 e. The highest BCUT2D eigenvalue weighted by molar-refractivity contribution is 7.92. The van der Waals surface area contributed by atoms with Gasteiger partial charge in [0.1, 0.15) is 0 Å².